The molecule has 1 fully saturated rings. The van der Waals surface area contributed by atoms with E-state index >= 15 is 0 Å². The molecule has 5 heteroatoms. The topological polar surface area (TPSA) is 67.1 Å². The van der Waals surface area contributed by atoms with Gasteiger partial charge in [-0.2, -0.15) is 0 Å². The summed E-state index contributed by atoms with van der Waals surface area (Å²) in [6, 6.07) is 0.469. The van der Waals surface area contributed by atoms with E-state index in [1.165, 1.54) is 0 Å². The third kappa shape index (κ3) is 2.43. The van der Waals surface area contributed by atoms with E-state index in [0.29, 0.717) is 12.6 Å². The zero-order chi connectivity index (χ0) is 10.7. The summed E-state index contributed by atoms with van der Waals surface area (Å²) in [6.07, 6.45) is 4.52. The molecule has 0 bridgehead atoms. The van der Waals surface area contributed by atoms with Gasteiger partial charge in [-0.25, -0.2) is 4.98 Å². The predicted molar refractivity (Wildman–Crippen MR) is 59.4 cm³/mol. The minimum absolute atomic E-state index is 0.429. The molecule has 1 atom stereocenters. The molecule has 1 saturated heterocycles. The first-order valence-electron chi connectivity index (χ1n) is 5.24. The third-order valence-electron chi connectivity index (χ3n) is 2.70. The van der Waals surface area contributed by atoms with Gasteiger partial charge in [-0.3, -0.25) is 4.98 Å². The number of nitrogens with one attached hydrogen (secondary N) is 1. The van der Waals surface area contributed by atoms with Gasteiger partial charge >= 0.3 is 0 Å². The molecule has 5 nitrogen and oxygen atoms in total. The fourth-order valence-electron chi connectivity index (χ4n) is 1.88. The fourth-order valence-corrected chi connectivity index (χ4v) is 1.88. The van der Waals surface area contributed by atoms with Gasteiger partial charge in [0.1, 0.15) is 5.82 Å². The van der Waals surface area contributed by atoms with Crippen molar-refractivity contribution < 1.29 is 0 Å². The number of rotatable bonds is 3. The van der Waals surface area contributed by atoms with Crippen LogP contribution in [-0.4, -0.2) is 41.0 Å². The Morgan fingerprint density at radius 2 is 2.33 bits per heavy atom. The van der Waals surface area contributed by atoms with Crippen molar-refractivity contribution in [1.29, 1.82) is 0 Å². The second-order valence-corrected chi connectivity index (χ2v) is 3.95. The molecule has 0 spiro atoms. The maximum Gasteiger partial charge on any atom is 0.149 e. The Labute approximate surface area is 89.7 Å². The second-order valence-electron chi connectivity index (χ2n) is 3.95. The Morgan fingerprint density at radius 1 is 1.53 bits per heavy atom. The molecule has 0 aliphatic carbocycles. The van der Waals surface area contributed by atoms with Crippen LogP contribution in [0.2, 0.25) is 0 Å². The zero-order valence-electron chi connectivity index (χ0n) is 8.98. The minimum atomic E-state index is 0.429. The summed E-state index contributed by atoms with van der Waals surface area (Å²) in [4.78, 5) is 10.8. The SMILES string of the molecule is CN1CCC(Nc2nccnc2CN)C1. The number of anilines is 1. The van der Waals surface area contributed by atoms with Crippen molar-refractivity contribution in [3.63, 3.8) is 0 Å². The molecule has 1 aromatic rings. The van der Waals surface area contributed by atoms with Gasteiger partial charge in [-0.15, -0.1) is 0 Å². The maximum absolute atomic E-state index is 5.60. The monoisotopic (exact) mass is 207 g/mol. The lowest BCUT2D eigenvalue weighted by atomic mass is 10.2. The van der Waals surface area contributed by atoms with Crippen molar-refractivity contribution in [3.05, 3.63) is 18.1 Å². The van der Waals surface area contributed by atoms with E-state index in [1.807, 2.05) is 0 Å². The molecular formula is C10H17N5. The summed E-state index contributed by atoms with van der Waals surface area (Å²) < 4.78 is 0. The largest absolute Gasteiger partial charge is 0.364 e. The van der Waals surface area contributed by atoms with E-state index in [9.17, 15) is 0 Å². The van der Waals surface area contributed by atoms with Crippen LogP contribution >= 0.6 is 0 Å². The molecule has 82 valence electrons. The highest BCUT2D eigenvalue weighted by Gasteiger charge is 2.20. The predicted octanol–water partition coefficient (Wildman–Crippen LogP) is 0.0513. The van der Waals surface area contributed by atoms with Crippen LogP contribution in [-0.2, 0) is 6.54 Å². The highest BCUT2D eigenvalue weighted by atomic mass is 15.2. The molecule has 0 saturated carbocycles. The highest BCUT2D eigenvalue weighted by molar-refractivity contribution is 5.40. The Balaban J connectivity index is 2.04. The summed E-state index contributed by atoms with van der Waals surface area (Å²) in [5.41, 5.74) is 6.44. The zero-order valence-corrected chi connectivity index (χ0v) is 8.98. The van der Waals surface area contributed by atoms with Gasteiger partial charge in [0.15, 0.2) is 0 Å². The van der Waals surface area contributed by atoms with Crippen LogP contribution in [0.3, 0.4) is 0 Å². The quantitative estimate of drug-likeness (QED) is 0.733. The number of nitrogens with zero attached hydrogens (tertiary/aromatic N) is 3. The molecule has 2 heterocycles. The number of hydrogen-bond donors (Lipinski definition) is 2. The van der Waals surface area contributed by atoms with E-state index in [-0.39, 0.29) is 0 Å². The van der Waals surface area contributed by atoms with E-state index in [1.54, 1.807) is 12.4 Å². The Morgan fingerprint density at radius 3 is 3.00 bits per heavy atom. The molecular weight excluding hydrogens is 190 g/mol. The van der Waals surface area contributed by atoms with Crippen LogP contribution in [0.4, 0.5) is 5.82 Å². The molecule has 3 N–H and O–H groups in total. The lowest BCUT2D eigenvalue weighted by Crippen LogP contribution is -2.25. The highest BCUT2D eigenvalue weighted by Crippen LogP contribution is 2.14. The molecule has 2 rings (SSSR count). The van der Waals surface area contributed by atoms with Crippen LogP contribution in [0.1, 0.15) is 12.1 Å². The van der Waals surface area contributed by atoms with Crippen molar-refractivity contribution in [2.45, 2.75) is 19.0 Å². The van der Waals surface area contributed by atoms with Crippen molar-refractivity contribution in [3.8, 4) is 0 Å². The van der Waals surface area contributed by atoms with Gasteiger partial charge < -0.3 is 16.0 Å². The average molecular weight is 207 g/mol. The minimum Gasteiger partial charge on any atom is -0.364 e. The number of nitrogens with two attached hydrogens (primary N) is 1. The fraction of sp³-hybridized carbons (Fsp3) is 0.600. The van der Waals surface area contributed by atoms with Gasteiger partial charge in [0.25, 0.3) is 0 Å². The van der Waals surface area contributed by atoms with Gasteiger partial charge in [0.05, 0.1) is 5.69 Å². The molecule has 0 aromatic carbocycles. The average Bonchev–Trinajstić information content (AvgIpc) is 2.65. The van der Waals surface area contributed by atoms with Gasteiger partial charge in [-0.05, 0) is 20.0 Å². The number of likely N-dealkylation sites (tertiary alicyclic amines) is 1. The van der Waals surface area contributed by atoms with Crippen molar-refractivity contribution >= 4 is 5.82 Å². The van der Waals surface area contributed by atoms with E-state index in [0.717, 1.165) is 31.0 Å². The van der Waals surface area contributed by atoms with Crippen LogP contribution in [0.5, 0.6) is 0 Å². The van der Waals surface area contributed by atoms with Crippen LogP contribution in [0, 0.1) is 0 Å². The smallest absolute Gasteiger partial charge is 0.149 e. The molecule has 0 amide bonds. The van der Waals surface area contributed by atoms with Crippen molar-refractivity contribution in [2.24, 2.45) is 5.73 Å². The summed E-state index contributed by atoms with van der Waals surface area (Å²) in [6.45, 7) is 2.62. The van der Waals surface area contributed by atoms with Crippen LogP contribution in [0.25, 0.3) is 0 Å². The molecule has 1 aliphatic heterocycles. The molecule has 1 aromatic heterocycles. The van der Waals surface area contributed by atoms with Crippen molar-refractivity contribution in [2.75, 3.05) is 25.5 Å². The summed E-state index contributed by atoms with van der Waals surface area (Å²) in [5, 5.41) is 3.40. The number of aromatic nitrogens is 2. The Bertz CT molecular complexity index is 327. The second kappa shape index (κ2) is 4.55. The first-order chi connectivity index (χ1) is 7.29. The van der Waals surface area contributed by atoms with E-state index < -0.39 is 0 Å². The number of likely N-dealkylation sites (N-methyl/N-ethyl adjacent to an activating group) is 1. The van der Waals surface area contributed by atoms with Gasteiger partial charge in [0.2, 0.25) is 0 Å². The molecule has 15 heavy (non-hydrogen) atoms. The van der Waals surface area contributed by atoms with E-state index in [4.69, 9.17) is 5.73 Å². The Kier molecular flexibility index (Phi) is 3.13. The van der Waals surface area contributed by atoms with Gasteiger partial charge in [0, 0.05) is 31.5 Å². The molecule has 1 unspecified atom stereocenters. The molecule has 1 aliphatic rings. The first-order valence-corrected chi connectivity index (χ1v) is 5.24. The van der Waals surface area contributed by atoms with E-state index in [2.05, 4.69) is 27.2 Å². The lowest BCUT2D eigenvalue weighted by Gasteiger charge is -2.14. The van der Waals surface area contributed by atoms with Gasteiger partial charge in [-0.1, -0.05) is 0 Å². The first kappa shape index (κ1) is 10.3. The van der Waals surface area contributed by atoms with Crippen LogP contribution < -0.4 is 11.1 Å². The number of hydrogen-bond acceptors (Lipinski definition) is 5. The lowest BCUT2D eigenvalue weighted by molar-refractivity contribution is 0.414. The normalized spacial score (nSPS) is 21.9. The molecule has 0 radical (unpaired) electrons. The summed E-state index contributed by atoms with van der Waals surface area (Å²) >= 11 is 0. The summed E-state index contributed by atoms with van der Waals surface area (Å²) in [5.74, 6) is 0.834. The van der Waals surface area contributed by atoms with Crippen LogP contribution in [0.15, 0.2) is 12.4 Å². The van der Waals surface area contributed by atoms with Crippen molar-refractivity contribution in [1.82, 2.24) is 14.9 Å². The Hall–Kier alpha value is -1.20. The standard InChI is InChI=1S/C10H17N5/c1-15-5-2-8(7-15)14-10-9(6-11)12-3-4-13-10/h3-4,8H,2,5-7,11H2,1H3,(H,13,14). The maximum atomic E-state index is 5.60. The summed E-state index contributed by atoms with van der Waals surface area (Å²) in [7, 11) is 2.13. The third-order valence-corrected chi connectivity index (χ3v) is 2.70.